The summed E-state index contributed by atoms with van der Waals surface area (Å²) in [7, 11) is 1.57. The number of ether oxygens (including phenoxy) is 2. The van der Waals surface area contributed by atoms with Gasteiger partial charge in [-0.3, -0.25) is 0 Å². The Labute approximate surface area is 161 Å². The van der Waals surface area contributed by atoms with Gasteiger partial charge in [-0.1, -0.05) is 64.0 Å². The molecular formula is C22H42O4. The molecule has 0 aromatic heterocycles. The van der Waals surface area contributed by atoms with E-state index in [9.17, 15) is 9.90 Å². The maximum Gasteiger partial charge on any atom is 0.335 e. The average molecular weight is 371 g/mol. The van der Waals surface area contributed by atoms with Crippen molar-refractivity contribution in [1.29, 1.82) is 0 Å². The number of hydrogen-bond acceptors (Lipinski definition) is 3. The SMILES string of the molecule is CCCCC/C=C/CCCCCCCCC(OC)C(OC(C)C)C(=O)O. The van der Waals surface area contributed by atoms with E-state index in [0.717, 1.165) is 19.3 Å². The number of rotatable bonds is 18. The zero-order valence-corrected chi connectivity index (χ0v) is 17.5. The van der Waals surface area contributed by atoms with Gasteiger partial charge in [-0.2, -0.15) is 0 Å². The molecule has 4 nitrogen and oxygen atoms in total. The Bertz CT molecular complexity index is 352. The molecule has 0 aromatic carbocycles. The number of allylic oxidation sites excluding steroid dienone is 2. The van der Waals surface area contributed by atoms with Crippen LogP contribution in [0.15, 0.2) is 12.2 Å². The van der Waals surface area contributed by atoms with E-state index in [2.05, 4.69) is 19.1 Å². The molecule has 2 atom stereocenters. The quantitative estimate of drug-likeness (QED) is 0.233. The highest BCUT2D eigenvalue weighted by molar-refractivity contribution is 5.73. The van der Waals surface area contributed by atoms with E-state index >= 15 is 0 Å². The number of aliphatic carboxylic acids is 1. The number of hydrogen-bond donors (Lipinski definition) is 1. The molecule has 0 fully saturated rings. The molecule has 0 heterocycles. The Morgan fingerprint density at radius 1 is 0.923 bits per heavy atom. The van der Waals surface area contributed by atoms with E-state index in [1.54, 1.807) is 7.11 Å². The lowest BCUT2D eigenvalue weighted by Gasteiger charge is -2.24. The lowest BCUT2D eigenvalue weighted by molar-refractivity contribution is -0.165. The second-order valence-electron chi connectivity index (χ2n) is 7.38. The van der Waals surface area contributed by atoms with Crippen LogP contribution in [0, 0.1) is 0 Å². The molecule has 0 aliphatic heterocycles. The van der Waals surface area contributed by atoms with E-state index in [4.69, 9.17) is 9.47 Å². The highest BCUT2D eigenvalue weighted by Crippen LogP contribution is 2.16. The van der Waals surface area contributed by atoms with Gasteiger partial charge in [0.1, 0.15) is 0 Å². The first-order chi connectivity index (χ1) is 12.5. The molecule has 2 unspecified atom stereocenters. The number of methoxy groups -OCH3 is 1. The summed E-state index contributed by atoms with van der Waals surface area (Å²) in [6.45, 7) is 5.94. The molecule has 0 aliphatic carbocycles. The summed E-state index contributed by atoms with van der Waals surface area (Å²) >= 11 is 0. The molecule has 1 N–H and O–H groups in total. The number of carboxylic acid groups (broad SMARTS) is 1. The van der Waals surface area contributed by atoms with Crippen LogP contribution in [0.4, 0.5) is 0 Å². The van der Waals surface area contributed by atoms with Crippen molar-refractivity contribution in [2.45, 2.75) is 116 Å². The van der Waals surface area contributed by atoms with Gasteiger partial charge in [0.25, 0.3) is 0 Å². The van der Waals surface area contributed by atoms with Crippen LogP contribution in [0.2, 0.25) is 0 Å². The van der Waals surface area contributed by atoms with Crippen molar-refractivity contribution < 1.29 is 19.4 Å². The van der Waals surface area contributed by atoms with Crippen LogP contribution in [-0.2, 0) is 14.3 Å². The van der Waals surface area contributed by atoms with Crippen LogP contribution in [0.25, 0.3) is 0 Å². The maximum atomic E-state index is 11.4. The summed E-state index contributed by atoms with van der Waals surface area (Å²) in [6.07, 6.45) is 17.6. The molecule has 0 spiro atoms. The molecule has 26 heavy (non-hydrogen) atoms. The Balaban J connectivity index is 3.69. The zero-order valence-electron chi connectivity index (χ0n) is 17.5. The average Bonchev–Trinajstić information content (AvgIpc) is 2.60. The molecule has 154 valence electrons. The monoisotopic (exact) mass is 370 g/mol. The Morgan fingerprint density at radius 3 is 1.96 bits per heavy atom. The first kappa shape index (κ1) is 25.1. The summed E-state index contributed by atoms with van der Waals surface area (Å²) in [6, 6.07) is 0. The standard InChI is InChI=1S/C22H42O4/c1-5-6-7-8-9-10-11-12-13-14-15-16-17-18-20(25-4)21(22(23)24)26-19(2)3/h9-10,19-21H,5-8,11-18H2,1-4H3,(H,23,24)/b10-9+. The molecular weight excluding hydrogens is 328 g/mol. The van der Waals surface area contributed by atoms with Crippen molar-refractivity contribution in [1.82, 2.24) is 0 Å². The fourth-order valence-corrected chi connectivity index (χ4v) is 3.05. The molecule has 4 heteroatoms. The second-order valence-corrected chi connectivity index (χ2v) is 7.38. The van der Waals surface area contributed by atoms with Gasteiger partial charge in [0.05, 0.1) is 12.2 Å². The van der Waals surface area contributed by atoms with Crippen molar-refractivity contribution in [2.75, 3.05) is 7.11 Å². The van der Waals surface area contributed by atoms with Crippen molar-refractivity contribution in [3.8, 4) is 0 Å². The molecule has 0 radical (unpaired) electrons. The smallest absolute Gasteiger partial charge is 0.335 e. The molecule has 0 amide bonds. The van der Waals surface area contributed by atoms with Gasteiger partial charge in [-0.05, 0) is 46.0 Å². The van der Waals surface area contributed by atoms with Gasteiger partial charge in [0, 0.05) is 7.11 Å². The van der Waals surface area contributed by atoms with E-state index in [-0.39, 0.29) is 12.2 Å². The normalized spacial score (nSPS) is 14.2. The van der Waals surface area contributed by atoms with E-state index < -0.39 is 12.1 Å². The van der Waals surface area contributed by atoms with Crippen molar-refractivity contribution in [3.63, 3.8) is 0 Å². The second kappa shape index (κ2) is 17.5. The topological polar surface area (TPSA) is 55.8 Å². The molecule has 0 saturated heterocycles. The zero-order chi connectivity index (χ0) is 19.6. The van der Waals surface area contributed by atoms with Crippen LogP contribution >= 0.6 is 0 Å². The number of unbranched alkanes of at least 4 members (excludes halogenated alkanes) is 9. The van der Waals surface area contributed by atoms with Crippen LogP contribution in [0.1, 0.15) is 97.8 Å². The fourth-order valence-electron chi connectivity index (χ4n) is 3.05. The highest BCUT2D eigenvalue weighted by atomic mass is 16.6. The van der Waals surface area contributed by atoms with Crippen LogP contribution in [-0.4, -0.2) is 36.5 Å². The van der Waals surface area contributed by atoms with Gasteiger partial charge in [-0.15, -0.1) is 0 Å². The predicted octanol–water partition coefficient (Wildman–Crippen LogP) is 6.14. The minimum Gasteiger partial charge on any atom is -0.479 e. The van der Waals surface area contributed by atoms with Crippen LogP contribution in [0.3, 0.4) is 0 Å². The molecule has 0 bridgehead atoms. The van der Waals surface area contributed by atoms with Gasteiger partial charge in [0.2, 0.25) is 0 Å². The fraction of sp³-hybridized carbons (Fsp3) is 0.864. The summed E-state index contributed by atoms with van der Waals surface area (Å²) in [4.78, 5) is 11.4. The largest absolute Gasteiger partial charge is 0.479 e. The predicted molar refractivity (Wildman–Crippen MR) is 109 cm³/mol. The van der Waals surface area contributed by atoms with E-state index in [1.807, 2.05) is 13.8 Å². The van der Waals surface area contributed by atoms with Crippen molar-refractivity contribution in [3.05, 3.63) is 12.2 Å². The first-order valence-electron chi connectivity index (χ1n) is 10.6. The van der Waals surface area contributed by atoms with Gasteiger partial charge in [0.15, 0.2) is 6.10 Å². The minimum atomic E-state index is -0.937. The summed E-state index contributed by atoms with van der Waals surface area (Å²) in [5.41, 5.74) is 0. The Hall–Kier alpha value is -0.870. The first-order valence-corrected chi connectivity index (χ1v) is 10.6. The van der Waals surface area contributed by atoms with Crippen LogP contribution in [0.5, 0.6) is 0 Å². The van der Waals surface area contributed by atoms with Crippen molar-refractivity contribution in [2.24, 2.45) is 0 Å². The Kier molecular flexibility index (Phi) is 17.0. The Morgan fingerprint density at radius 2 is 1.46 bits per heavy atom. The van der Waals surface area contributed by atoms with Gasteiger partial charge in [-0.25, -0.2) is 4.79 Å². The number of carboxylic acids is 1. The third-order valence-electron chi connectivity index (χ3n) is 4.55. The number of carbonyl (C=O) groups is 1. The summed E-state index contributed by atoms with van der Waals surface area (Å²) < 4.78 is 10.9. The van der Waals surface area contributed by atoms with Gasteiger partial charge < -0.3 is 14.6 Å². The van der Waals surface area contributed by atoms with Gasteiger partial charge >= 0.3 is 5.97 Å². The molecule has 0 aliphatic rings. The third-order valence-corrected chi connectivity index (χ3v) is 4.55. The van der Waals surface area contributed by atoms with E-state index in [1.165, 1.54) is 57.8 Å². The minimum absolute atomic E-state index is 0.116. The molecule has 0 saturated carbocycles. The summed E-state index contributed by atoms with van der Waals surface area (Å²) in [5.74, 6) is -0.937. The maximum absolute atomic E-state index is 11.4. The van der Waals surface area contributed by atoms with Crippen molar-refractivity contribution >= 4 is 5.97 Å². The lowest BCUT2D eigenvalue weighted by Crippen LogP contribution is -2.39. The lowest BCUT2D eigenvalue weighted by atomic mass is 10.0. The summed E-state index contributed by atoms with van der Waals surface area (Å²) in [5, 5.41) is 9.32. The molecule has 0 rings (SSSR count). The van der Waals surface area contributed by atoms with E-state index in [0.29, 0.717) is 0 Å². The van der Waals surface area contributed by atoms with Crippen LogP contribution < -0.4 is 0 Å². The molecule has 0 aromatic rings. The third kappa shape index (κ3) is 14.3. The highest BCUT2D eigenvalue weighted by Gasteiger charge is 2.29.